The SMILES string of the molecule is Cn1nccc1Nc1nccc(-c2cc(C#N)c3c(c2)CCN3C(=O)Cc2ccncc2Cl)n1. The smallest absolute Gasteiger partial charge is 0.231 e. The summed E-state index contributed by atoms with van der Waals surface area (Å²) in [6.45, 7) is 0.506. The predicted molar refractivity (Wildman–Crippen MR) is 128 cm³/mol. The van der Waals surface area contributed by atoms with Crippen molar-refractivity contribution in [2.45, 2.75) is 12.8 Å². The van der Waals surface area contributed by atoms with Crippen molar-refractivity contribution < 1.29 is 4.79 Å². The third-order valence-corrected chi connectivity index (χ3v) is 6.04. The summed E-state index contributed by atoms with van der Waals surface area (Å²) < 4.78 is 1.68. The molecule has 0 radical (unpaired) electrons. The molecule has 5 rings (SSSR count). The summed E-state index contributed by atoms with van der Waals surface area (Å²) in [5.41, 5.74) is 4.19. The number of fused-ring (bicyclic) bond motifs is 1. The van der Waals surface area contributed by atoms with Crippen molar-refractivity contribution in [3.05, 3.63) is 76.8 Å². The highest BCUT2D eigenvalue weighted by molar-refractivity contribution is 6.31. The molecule has 0 saturated carbocycles. The fourth-order valence-corrected chi connectivity index (χ4v) is 4.21. The molecule has 4 heterocycles. The van der Waals surface area contributed by atoms with Crippen molar-refractivity contribution in [3.8, 4) is 17.3 Å². The highest BCUT2D eigenvalue weighted by Crippen LogP contribution is 2.36. The van der Waals surface area contributed by atoms with Crippen molar-refractivity contribution in [2.75, 3.05) is 16.8 Å². The van der Waals surface area contributed by atoms with Gasteiger partial charge in [0.05, 0.1) is 34.6 Å². The first-order chi connectivity index (χ1) is 16.5. The molecule has 0 fully saturated rings. The molecule has 168 valence electrons. The van der Waals surface area contributed by atoms with Gasteiger partial charge in [-0.15, -0.1) is 0 Å². The molecule has 1 N–H and O–H groups in total. The van der Waals surface area contributed by atoms with Crippen LogP contribution >= 0.6 is 11.6 Å². The van der Waals surface area contributed by atoms with Gasteiger partial charge in [0, 0.05) is 43.8 Å². The van der Waals surface area contributed by atoms with Crippen molar-refractivity contribution >= 4 is 35.0 Å². The standard InChI is InChI=1S/C24H19ClN8O/c1-32-21(4-8-29-32)31-24-28-7-3-20(30-24)17-10-16-5-9-33(23(16)18(11-17)13-26)22(34)12-15-2-6-27-14-19(15)25/h2-4,6-8,10-11,14H,5,9,12H2,1H3,(H,28,30,31). The van der Waals surface area contributed by atoms with Gasteiger partial charge in [-0.05, 0) is 41.8 Å². The molecule has 0 unspecified atom stereocenters. The molecule has 34 heavy (non-hydrogen) atoms. The van der Waals surface area contributed by atoms with E-state index in [9.17, 15) is 10.1 Å². The van der Waals surface area contributed by atoms with Gasteiger partial charge in [-0.1, -0.05) is 11.6 Å². The Morgan fingerprint density at radius 3 is 2.88 bits per heavy atom. The van der Waals surface area contributed by atoms with E-state index in [4.69, 9.17) is 11.6 Å². The molecule has 4 aromatic rings. The van der Waals surface area contributed by atoms with Gasteiger partial charge in [-0.2, -0.15) is 10.4 Å². The number of hydrogen-bond donors (Lipinski definition) is 1. The van der Waals surface area contributed by atoms with Crippen LogP contribution in [0.4, 0.5) is 17.5 Å². The number of rotatable bonds is 5. The lowest BCUT2D eigenvalue weighted by molar-refractivity contribution is -0.117. The second-order valence-electron chi connectivity index (χ2n) is 7.81. The van der Waals surface area contributed by atoms with Crippen molar-refractivity contribution in [1.82, 2.24) is 24.7 Å². The lowest BCUT2D eigenvalue weighted by Gasteiger charge is -2.19. The normalized spacial score (nSPS) is 12.3. The van der Waals surface area contributed by atoms with Gasteiger partial charge < -0.3 is 10.2 Å². The Hall–Kier alpha value is -4.29. The van der Waals surface area contributed by atoms with Crippen molar-refractivity contribution in [2.24, 2.45) is 7.05 Å². The highest BCUT2D eigenvalue weighted by Gasteiger charge is 2.29. The van der Waals surface area contributed by atoms with Crippen LogP contribution in [0, 0.1) is 11.3 Å². The van der Waals surface area contributed by atoms with Gasteiger partial charge in [0.15, 0.2) is 0 Å². The second-order valence-corrected chi connectivity index (χ2v) is 8.22. The number of nitrogens with zero attached hydrogens (tertiary/aromatic N) is 7. The Bertz CT molecular complexity index is 1440. The molecular formula is C24H19ClN8O. The van der Waals surface area contributed by atoms with E-state index in [1.807, 2.05) is 19.2 Å². The van der Waals surface area contributed by atoms with Crippen molar-refractivity contribution in [1.29, 1.82) is 5.26 Å². The fourth-order valence-electron chi connectivity index (χ4n) is 4.03. The Balaban J connectivity index is 1.44. The van der Waals surface area contributed by atoms with Crippen LogP contribution in [0.1, 0.15) is 16.7 Å². The molecule has 0 spiro atoms. The number of nitrogens with one attached hydrogen (secondary N) is 1. The molecule has 1 amide bonds. The van der Waals surface area contributed by atoms with E-state index >= 15 is 0 Å². The van der Waals surface area contributed by atoms with E-state index in [0.29, 0.717) is 46.4 Å². The maximum atomic E-state index is 13.1. The van der Waals surface area contributed by atoms with E-state index in [0.717, 1.165) is 16.9 Å². The van der Waals surface area contributed by atoms with Crippen molar-refractivity contribution in [3.63, 3.8) is 0 Å². The van der Waals surface area contributed by atoms with Gasteiger partial charge >= 0.3 is 0 Å². The van der Waals surface area contributed by atoms with Crippen LogP contribution in [0.3, 0.4) is 0 Å². The van der Waals surface area contributed by atoms with E-state index < -0.39 is 0 Å². The first kappa shape index (κ1) is 21.6. The van der Waals surface area contributed by atoms with Crippen LogP contribution < -0.4 is 10.2 Å². The number of benzene rings is 1. The average Bonchev–Trinajstić information content (AvgIpc) is 3.46. The van der Waals surface area contributed by atoms with Gasteiger partial charge in [0.25, 0.3) is 0 Å². The molecular weight excluding hydrogens is 452 g/mol. The van der Waals surface area contributed by atoms with Crippen LogP contribution in [0.2, 0.25) is 5.02 Å². The van der Waals surface area contributed by atoms with Crippen LogP contribution in [0.15, 0.2) is 55.1 Å². The lowest BCUT2D eigenvalue weighted by atomic mass is 10.0. The summed E-state index contributed by atoms with van der Waals surface area (Å²) in [5, 5.41) is 17.6. The number of amides is 1. The Morgan fingerprint density at radius 2 is 2.12 bits per heavy atom. The number of carbonyl (C=O) groups excluding carboxylic acids is 1. The molecule has 0 saturated heterocycles. The van der Waals surface area contributed by atoms with E-state index in [-0.39, 0.29) is 12.3 Å². The third-order valence-electron chi connectivity index (χ3n) is 5.70. The van der Waals surface area contributed by atoms with Crippen LogP contribution in [0.25, 0.3) is 11.3 Å². The molecule has 0 atom stereocenters. The minimum atomic E-state index is -0.110. The summed E-state index contributed by atoms with van der Waals surface area (Å²) in [4.78, 5) is 27.6. The fraction of sp³-hybridized carbons (Fsp3) is 0.167. The number of hydrogen-bond acceptors (Lipinski definition) is 7. The molecule has 3 aromatic heterocycles. The molecule has 1 aromatic carbocycles. The maximum absolute atomic E-state index is 13.1. The molecule has 10 heteroatoms. The Morgan fingerprint density at radius 1 is 1.24 bits per heavy atom. The Kier molecular flexibility index (Phi) is 5.65. The number of aryl methyl sites for hydroxylation is 1. The largest absolute Gasteiger partial charge is 0.310 e. The van der Waals surface area contributed by atoms with Gasteiger partial charge in [0.1, 0.15) is 11.9 Å². The van der Waals surface area contributed by atoms with Gasteiger partial charge in [-0.3, -0.25) is 14.5 Å². The average molecular weight is 471 g/mol. The van der Waals surface area contributed by atoms with E-state index in [1.165, 1.54) is 6.20 Å². The van der Waals surface area contributed by atoms with E-state index in [1.54, 1.807) is 46.4 Å². The molecule has 1 aliphatic heterocycles. The van der Waals surface area contributed by atoms with E-state index in [2.05, 4.69) is 31.4 Å². The van der Waals surface area contributed by atoms with Crippen LogP contribution in [-0.4, -0.2) is 37.2 Å². The minimum Gasteiger partial charge on any atom is -0.310 e. The topological polar surface area (TPSA) is 113 Å². The molecule has 0 bridgehead atoms. The lowest BCUT2D eigenvalue weighted by Crippen LogP contribution is -2.31. The molecule has 9 nitrogen and oxygen atoms in total. The first-order valence-electron chi connectivity index (χ1n) is 10.6. The molecule has 1 aliphatic rings. The predicted octanol–water partition coefficient (Wildman–Crippen LogP) is 3.67. The summed E-state index contributed by atoms with van der Waals surface area (Å²) in [6, 6.07) is 11.4. The number of aromatic nitrogens is 5. The molecule has 0 aliphatic carbocycles. The minimum absolute atomic E-state index is 0.110. The number of anilines is 3. The first-order valence-corrected chi connectivity index (χ1v) is 11.0. The zero-order valence-electron chi connectivity index (χ0n) is 18.2. The summed E-state index contributed by atoms with van der Waals surface area (Å²) in [6.07, 6.45) is 7.27. The zero-order valence-corrected chi connectivity index (χ0v) is 19.0. The third kappa shape index (κ3) is 4.07. The Labute approximate surface area is 200 Å². The summed E-state index contributed by atoms with van der Waals surface area (Å²) >= 11 is 6.18. The van der Waals surface area contributed by atoms with Gasteiger partial charge in [-0.25, -0.2) is 9.97 Å². The monoisotopic (exact) mass is 470 g/mol. The summed E-state index contributed by atoms with van der Waals surface area (Å²) in [7, 11) is 1.82. The van der Waals surface area contributed by atoms with Crippen LogP contribution in [0.5, 0.6) is 0 Å². The zero-order chi connectivity index (χ0) is 23.7. The number of halogens is 1. The highest BCUT2D eigenvalue weighted by atomic mass is 35.5. The maximum Gasteiger partial charge on any atom is 0.231 e. The van der Waals surface area contributed by atoms with Crippen LogP contribution in [-0.2, 0) is 24.7 Å². The number of nitriles is 1. The number of pyridine rings is 1. The quantitative estimate of drug-likeness (QED) is 0.473. The summed E-state index contributed by atoms with van der Waals surface area (Å²) in [5.74, 6) is 1.07. The van der Waals surface area contributed by atoms with Gasteiger partial charge in [0.2, 0.25) is 11.9 Å². The second kappa shape index (κ2) is 8.92. The number of carbonyl (C=O) groups is 1.